The number of hydrogen-bond donors (Lipinski definition) is 1. The summed E-state index contributed by atoms with van der Waals surface area (Å²) in [6, 6.07) is 8.08. The van der Waals surface area contributed by atoms with Crippen LogP contribution < -0.4 is 5.32 Å². The number of nitrogens with one attached hydrogen (secondary N) is 1. The minimum atomic E-state index is -0.209. The van der Waals surface area contributed by atoms with E-state index in [0.29, 0.717) is 10.5 Å². The van der Waals surface area contributed by atoms with Gasteiger partial charge in [0.25, 0.3) is 0 Å². The second-order valence-electron chi connectivity index (χ2n) is 4.91. The Morgan fingerprint density at radius 1 is 1.35 bits per heavy atom. The summed E-state index contributed by atoms with van der Waals surface area (Å²) in [5, 5.41) is 3.35. The molecule has 0 saturated carbocycles. The molecule has 0 spiro atoms. The summed E-state index contributed by atoms with van der Waals surface area (Å²) in [5.41, 5.74) is 2.07. The van der Waals surface area contributed by atoms with Crippen LogP contribution in [0.1, 0.15) is 36.2 Å². The average molecular weight is 356 g/mol. The molecule has 1 heterocycles. The van der Waals surface area contributed by atoms with Gasteiger partial charge in [-0.1, -0.05) is 13.3 Å². The molecule has 2 rings (SSSR count). The fourth-order valence-corrected chi connectivity index (χ4v) is 4.01. The van der Waals surface area contributed by atoms with Crippen molar-refractivity contribution >= 4 is 27.3 Å². The highest BCUT2D eigenvalue weighted by molar-refractivity contribution is 9.10. The highest BCUT2D eigenvalue weighted by Crippen LogP contribution is 2.36. The summed E-state index contributed by atoms with van der Waals surface area (Å²) >= 11 is 4.97. The van der Waals surface area contributed by atoms with Gasteiger partial charge < -0.3 is 5.32 Å². The Balaban J connectivity index is 2.35. The molecular formula is C16H19BrFNS. The summed E-state index contributed by atoms with van der Waals surface area (Å²) in [6.45, 7) is 4.20. The third-order valence-corrected chi connectivity index (χ3v) is 5.27. The minimum Gasteiger partial charge on any atom is -0.312 e. The summed E-state index contributed by atoms with van der Waals surface area (Å²) < 4.78 is 14.3. The van der Waals surface area contributed by atoms with Crippen LogP contribution in [0, 0.1) is 12.7 Å². The van der Waals surface area contributed by atoms with E-state index < -0.39 is 0 Å². The molecule has 0 saturated heterocycles. The zero-order valence-electron chi connectivity index (χ0n) is 12.0. The monoisotopic (exact) mass is 355 g/mol. The van der Waals surface area contributed by atoms with E-state index in [9.17, 15) is 4.39 Å². The molecule has 1 aromatic carbocycles. The Hall–Kier alpha value is -0.710. The first-order chi connectivity index (χ1) is 9.56. The Kier molecular flexibility index (Phi) is 5.35. The highest BCUT2D eigenvalue weighted by atomic mass is 79.9. The SMILES string of the molecule is CCCC(NC)c1ccc(-c2cc(F)c(Br)cc2C)s1. The predicted octanol–water partition coefficient (Wildman–Crippen LogP) is 5.69. The Morgan fingerprint density at radius 3 is 2.75 bits per heavy atom. The maximum Gasteiger partial charge on any atom is 0.138 e. The number of hydrogen-bond acceptors (Lipinski definition) is 2. The number of thiophene rings is 1. The van der Waals surface area contributed by atoms with E-state index in [4.69, 9.17) is 0 Å². The molecule has 2 aromatic rings. The third kappa shape index (κ3) is 3.30. The van der Waals surface area contributed by atoms with Crippen LogP contribution in [-0.4, -0.2) is 7.05 Å². The Morgan fingerprint density at radius 2 is 2.10 bits per heavy atom. The summed E-state index contributed by atoms with van der Waals surface area (Å²) in [7, 11) is 1.99. The lowest BCUT2D eigenvalue weighted by atomic mass is 10.1. The van der Waals surface area contributed by atoms with Crippen LogP contribution in [0.4, 0.5) is 4.39 Å². The first kappa shape index (κ1) is 15.7. The van der Waals surface area contributed by atoms with Crippen LogP contribution in [0.25, 0.3) is 10.4 Å². The first-order valence-corrected chi connectivity index (χ1v) is 8.40. The molecule has 1 atom stereocenters. The zero-order valence-corrected chi connectivity index (χ0v) is 14.4. The molecule has 108 valence electrons. The van der Waals surface area contributed by atoms with Crippen molar-refractivity contribution in [3.63, 3.8) is 0 Å². The molecule has 0 radical (unpaired) electrons. The van der Waals surface area contributed by atoms with Crippen molar-refractivity contribution < 1.29 is 4.39 Å². The van der Waals surface area contributed by atoms with Crippen molar-refractivity contribution in [2.24, 2.45) is 0 Å². The van der Waals surface area contributed by atoms with Crippen molar-refractivity contribution in [2.75, 3.05) is 7.05 Å². The number of benzene rings is 1. The standard InChI is InChI=1S/C16H19BrFNS/c1-4-5-14(19-3)16-7-6-15(20-16)11-9-13(18)12(17)8-10(11)2/h6-9,14,19H,4-5H2,1-3H3. The molecular weight excluding hydrogens is 337 g/mol. The van der Waals surface area contributed by atoms with Gasteiger partial charge in [0.05, 0.1) is 4.47 Å². The number of aryl methyl sites for hydroxylation is 1. The van der Waals surface area contributed by atoms with Gasteiger partial charge in [-0.05, 0) is 71.7 Å². The molecule has 0 aliphatic heterocycles. The minimum absolute atomic E-state index is 0.209. The normalized spacial score (nSPS) is 12.7. The van der Waals surface area contributed by atoms with Crippen LogP contribution in [0.15, 0.2) is 28.7 Å². The van der Waals surface area contributed by atoms with E-state index in [1.165, 1.54) is 4.88 Å². The summed E-state index contributed by atoms with van der Waals surface area (Å²) in [4.78, 5) is 2.44. The molecule has 0 aliphatic carbocycles. The third-order valence-electron chi connectivity index (χ3n) is 3.43. The Bertz CT molecular complexity index is 594. The van der Waals surface area contributed by atoms with Crippen molar-refractivity contribution in [3.8, 4) is 10.4 Å². The quantitative estimate of drug-likeness (QED) is 0.726. The van der Waals surface area contributed by atoms with Gasteiger partial charge in [-0.3, -0.25) is 0 Å². The topological polar surface area (TPSA) is 12.0 Å². The molecule has 0 aliphatic rings. The van der Waals surface area contributed by atoms with Crippen molar-refractivity contribution in [1.29, 1.82) is 0 Å². The average Bonchev–Trinajstić information content (AvgIpc) is 2.89. The first-order valence-electron chi connectivity index (χ1n) is 6.79. The van der Waals surface area contributed by atoms with Gasteiger partial charge in [0.1, 0.15) is 5.82 Å². The second kappa shape index (κ2) is 6.83. The fraction of sp³-hybridized carbons (Fsp3) is 0.375. The van der Waals surface area contributed by atoms with Gasteiger partial charge in [0.15, 0.2) is 0 Å². The molecule has 4 heteroatoms. The smallest absolute Gasteiger partial charge is 0.138 e. The molecule has 20 heavy (non-hydrogen) atoms. The molecule has 1 nitrogen and oxygen atoms in total. The highest BCUT2D eigenvalue weighted by Gasteiger charge is 2.14. The number of halogens is 2. The van der Waals surface area contributed by atoms with Gasteiger partial charge >= 0.3 is 0 Å². The van der Waals surface area contributed by atoms with E-state index in [1.807, 2.05) is 20.0 Å². The van der Waals surface area contributed by atoms with Gasteiger partial charge in [-0.15, -0.1) is 11.3 Å². The van der Waals surface area contributed by atoms with E-state index >= 15 is 0 Å². The maximum atomic E-state index is 13.7. The zero-order chi connectivity index (χ0) is 14.7. The van der Waals surface area contributed by atoms with E-state index in [0.717, 1.165) is 28.8 Å². The maximum absolute atomic E-state index is 13.7. The van der Waals surface area contributed by atoms with Gasteiger partial charge in [0, 0.05) is 15.8 Å². The molecule has 0 bridgehead atoms. The second-order valence-corrected chi connectivity index (χ2v) is 6.88. The van der Waals surface area contributed by atoms with E-state index in [2.05, 4.69) is 40.3 Å². The van der Waals surface area contributed by atoms with Gasteiger partial charge in [0.2, 0.25) is 0 Å². The Labute approximate surface area is 132 Å². The van der Waals surface area contributed by atoms with Crippen molar-refractivity contribution in [1.82, 2.24) is 5.32 Å². The molecule has 1 N–H and O–H groups in total. The lowest BCUT2D eigenvalue weighted by molar-refractivity contribution is 0.550. The van der Waals surface area contributed by atoms with Crippen LogP contribution in [-0.2, 0) is 0 Å². The van der Waals surface area contributed by atoms with Crippen LogP contribution in [0.2, 0.25) is 0 Å². The molecule has 1 unspecified atom stereocenters. The van der Waals surface area contributed by atoms with Crippen LogP contribution in [0.5, 0.6) is 0 Å². The van der Waals surface area contributed by atoms with E-state index in [1.54, 1.807) is 17.4 Å². The lowest BCUT2D eigenvalue weighted by Crippen LogP contribution is -2.14. The summed E-state index contributed by atoms with van der Waals surface area (Å²) in [5.74, 6) is -0.209. The van der Waals surface area contributed by atoms with Crippen molar-refractivity contribution in [3.05, 3.63) is 45.0 Å². The van der Waals surface area contributed by atoms with E-state index in [-0.39, 0.29) is 5.82 Å². The van der Waals surface area contributed by atoms with Crippen LogP contribution in [0.3, 0.4) is 0 Å². The predicted molar refractivity (Wildman–Crippen MR) is 88.9 cm³/mol. The van der Waals surface area contributed by atoms with Crippen molar-refractivity contribution in [2.45, 2.75) is 32.7 Å². The lowest BCUT2D eigenvalue weighted by Gasteiger charge is -2.12. The molecule has 0 amide bonds. The largest absolute Gasteiger partial charge is 0.312 e. The van der Waals surface area contributed by atoms with Crippen LogP contribution >= 0.6 is 27.3 Å². The number of rotatable bonds is 5. The molecule has 1 aromatic heterocycles. The molecule has 0 fully saturated rings. The van der Waals surface area contributed by atoms with Gasteiger partial charge in [-0.2, -0.15) is 0 Å². The fourth-order valence-electron chi connectivity index (χ4n) is 2.31. The summed E-state index contributed by atoms with van der Waals surface area (Å²) in [6.07, 6.45) is 2.26. The van der Waals surface area contributed by atoms with Gasteiger partial charge in [-0.25, -0.2) is 4.39 Å².